The average Bonchev–Trinajstić information content (AvgIpc) is 2.72. The molecule has 0 spiro atoms. The molecular formula is C12H12N2. The molecule has 0 atom stereocenters. The molecule has 0 aliphatic carbocycles. The lowest BCUT2D eigenvalue weighted by Gasteiger charge is -1.96. The zero-order chi connectivity index (χ0) is 9.71. The highest BCUT2D eigenvalue weighted by atomic mass is 14.7. The van der Waals surface area contributed by atoms with Crippen LogP contribution in [0.15, 0.2) is 24.5 Å². The maximum atomic E-state index is 3.28. The third kappa shape index (κ3) is 0.803. The molecule has 2 aromatic heterocycles. The van der Waals surface area contributed by atoms with Gasteiger partial charge in [-0.1, -0.05) is 0 Å². The van der Waals surface area contributed by atoms with E-state index in [9.17, 15) is 0 Å². The second-order valence-electron chi connectivity index (χ2n) is 3.85. The van der Waals surface area contributed by atoms with E-state index in [4.69, 9.17) is 0 Å². The summed E-state index contributed by atoms with van der Waals surface area (Å²) >= 11 is 0. The maximum absolute atomic E-state index is 3.28. The van der Waals surface area contributed by atoms with Gasteiger partial charge in [0.15, 0.2) is 0 Å². The van der Waals surface area contributed by atoms with Crippen molar-refractivity contribution in [1.29, 1.82) is 0 Å². The van der Waals surface area contributed by atoms with Crippen LogP contribution in [0.3, 0.4) is 0 Å². The smallest absolute Gasteiger partial charge is 0.0464 e. The van der Waals surface area contributed by atoms with Gasteiger partial charge in [-0.15, -0.1) is 0 Å². The third-order valence-electron chi connectivity index (χ3n) is 2.88. The Kier molecular flexibility index (Phi) is 1.32. The summed E-state index contributed by atoms with van der Waals surface area (Å²) in [6.07, 6.45) is 4.13. The summed E-state index contributed by atoms with van der Waals surface area (Å²) < 4.78 is 0. The van der Waals surface area contributed by atoms with E-state index in [0.29, 0.717) is 0 Å². The van der Waals surface area contributed by atoms with Crippen LogP contribution in [-0.4, -0.2) is 9.97 Å². The molecule has 3 aromatic rings. The van der Waals surface area contributed by atoms with Gasteiger partial charge in [0.2, 0.25) is 0 Å². The first-order valence-corrected chi connectivity index (χ1v) is 4.82. The molecule has 0 saturated carbocycles. The number of nitrogens with one attached hydrogen (secondary N) is 2. The van der Waals surface area contributed by atoms with Gasteiger partial charge in [0.25, 0.3) is 0 Å². The first kappa shape index (κ1) is 7.68. The fourth-order valence-electron chi connectivity index (χ4n) is 2.18. The highest BCUT2D eigenvalue weighted by Gasteiger charge is 2.07. The van der Waals surface area contributed by atoms with Gasteiger partial charge in [0.1, 0.15) is 0 Å². The minimum absolute atomic E-state index is 1.22. The van der Waals surface area contributed by atoms with Crippen LogP contribution in [0.25, 0.3) is 21.8 Å². The van der Waals surface area contributed by atoms with Crippen LogP contribution < -0.4 is 0 Å². The summed E-state index contributed by atoms with van der Waals surface area (Å²) in [7, 11) is 0. The van der Waals surface area contributed by atoms with Gasteiger partial charge in [-0.05, 0) is 37.1 Å². The Morgan fingerprint density at radius 2 is 1.21 bits per heavy atom. The van der Waals surface area contributed by atoms with Crippen molar-refractivity contribution in [2.45, 2.75) is 13.8 Å². The second kappa shape index (κ2) is 2.41. The average molecular weight is 184 g/mol. The SMILES string of the molecule is Cc1c[nH]c2ccc3[nH]cc(C)c3c12. The van der Waals surface area contributed by atoms with E-state index >= 15 is 0 Å². The van der Waals surface area contributed by atoms with Crippen LogP contribution in [-0.2, 0) is 0 Å². The molecule has 2 N–H and O–H groups in total. The summed E-state index contributed by atoms with van der Waals surface area (Å²) in [4.78, 5) is 6.57. The Labute approximate surface area is 81.9 Å². The fraction of sp³-hybridized carbons (Fsp3) is 0.167. The second-order valence-corrected chi connectivity index (χ2v) is 3.85. The van der Waals surface area contributed by atoms with Crippen molar-refractivity contribution in [2.24, 2.45) is 0 Å². The summed E-state index contributed by atoms with van der Waals surface area (Å²) in [6.45, 7) is 4.29. The zero-order valence-corrected chi connectivity index (χ0v) is 8.31. The quantitative estimate of drug-likeness (QED) is 0.537. The number of fused-ring (bicyclic) bond motifs is 3. The number of rotatable bonds is 0. The van der Waals surface area contributed by atoms with Crippen molar-refractivity contribution >= 4 is 21.8 Å². The number of hydrogen-bond donors (Lipinski definition) is 2. The minimum Gasteiger partial charge on any atom is -0.361 e. The van der Waals surface area contributed by atoms with E-state index in [1.165, 1.54) is 32.9 Å². The molecule has 0 amide bonds. The van der Waals surface area contributed by atoms with Crippen LogP contribution >= 0.6 is 0 Å². The van der Waals surface area contributed by atoms with Crippen LogP contribution in [0, 0.1) is 13.8 Å². The van der Waals surface area contributed by atoms with Gasteiger partial charge in [-0.25, -0.2) is 0 Å². The highest BCUT2D eigenvalue weighted by molar-refractivity contribution is 6.08. The van der Waals surface area contributed by atoms with Crippen molar-refractivity contribution in [1.82, 2.24) is 9.97 Å². The maximum Gasteiger partial charge on any atom is 0.0464 e. The molecular weight excluding hydrogens is 172 g/mol. The van der Waals surface area contributed by atoms with Crippen molar-refractivity contribution in [2.75, 3.05) is 0 Å². The van der Waals surface area contributed by atoms with Crippen LogP contribution in [0.2, 0.25) is 0 Å². The fourth-order valence-corrected chi connectivity index (χ4v) is 2.18. The first-order chi connectivity index (χ1) is 6.77. The highest BCUT2D eigenvalue weighted by Crippen LogP contribution is 2.29. The normalized spacial score (nSPS) is 11.6. The lowest BCUT2D eigenvalue weighted by atomic mass is 10.1. The van der Waals surface area contributed by atoms with Crippen LogP contribution in [0.4, 0.5) is 0 Å². The van der Waals surface area contributed by atoms with Crippen molar-refractivity contribution < 1.29 is 0 Å². The van der Waals surface area contributed by atoms with E-state index in [1.54, 1.807) is 0 Å². The number of aryl methyl sites for hydroxylation is 2. The number of benzene rings is 1. The molecule has 0 radical (unpaired) electrons. The van der Waals surface area contributed by atoms with Gasteiger partial charge >= 0.3 is 0 Å². The molecule has 2 heterocycles. The zero-order valence-electron chi connectivity index (χ0n) is 8.31. The molecule has 0 aliphatic heterocycles. The van der Waals surface area contributed by atoms with Gasteiger partial charge < -0.3 is 9.97 Å². The van der Waals surface area contributed by atoms with Crippen molar-refractivity contribution in [3.05, 3.63) is 35.7 Å². The largest absolute Gasteiger partial charge is 0.361 e. The van der Waals surface area contributed by atoms with E-state index in [2.05, 4.69) is 48.3 Å². The molecule has 70 valence electrons. The topological polar surface area (TPSA) is 31.6 Å². The Bertz CT molecular complexity index is 558. The monoisotopic (exact) mass is 184 g/mol. The van der Waals surface area contributed by atoms with Crippen LogP contribution in [0.5, 0.6) is 0 Å². The van der Waals surface area contributed by atoms with Gasteiger partial charge in [-0.2, -0.15) is 0 Å². The summed E-state index contributed by atoms with van der Waals surface area (Å²) in [5.74, 6) is 0. The molecule has 0 saturated heterocycles. The van der Waals surface area contributed by atoms with Gasteiger partial charge in [0.05, 0.1) is 0 Å². The molecule has 0 bridgehead atoms. The predicted octanol–water partition coefficient (Wildman–Crippen LogP) is 3.27. The molecule has 14 heavy (non-hydrogen) atoms. The Morgan fingerprint density at radius 1 is 0.786 bits per heavy atom. The van der Waals surface area contributed by atoms with E-state index in [-0.39, 0.29) is 0 Å². The Hall–Kier alpha value is -1.70. The number of aromatic nitrogens is 2. The molecule has 0 aliphatic rings. The number of aromatic amines is 2. The van der Waals surface area contributed by atoms with Crippen molar-refractivity contribution in [3.63, 3.8) is 0 Å². The standard InChI is InChI=1S/C12H12N2/c1-7-5-13-9-3-4-10-12(11(7)9)8(2)6-14-10/h3-6,13-14H,1-2H3. The predicted molar refractivity (Wildman–Crippen MR) is 59.6 cm³/mol. The number of H-pyrrole nitrogens is 2. The summed E-state index contributed by atoms with van der Waals surface area (Å²) in [6, 6.07) is 4.25. The lowest BCUT2D eigenvalue weighted by Crippen LogP contribution is -1.74. The number of hydrogen-bond acceptors (Lipinski definition) is 0. The molecule has 1 aromatic carbocycles. The lowest BCUT2D eigenvalue weighted by molar-refractivity contribution is 1.42. The molecule has 3 rings (SSSR count). The molecule has 2 nitrogen and oxygen atoms in total. The Morgan fingerprint density at radius 3 is 1.64 bits per heavy atom. The van der Waals surface area contributed by atoms with Gasteiger partial charge in [-0.3, -0.25) is 0 Å². The minimum atomic E-state index is 1.22. The molecule has 0 unspecified atom stereocenters. The summed E-state index contributed by atoms with van der Waals surface area (Å²) in [5, 5.41) is 2.70. The summed E-state index contributed by atoms with van der Waals surface area (Å²) in [5.41, 5.74) is 5.07. The van der Waals surface area contributed by atoms with E-state index in [0.717, 1.165) is 0 Å². The Balaban J connectivity index is 2.70. The first-order valence-electron chi connectivity index (χ1n) is 4.82. The molecule has 2 heteroatoms. The molecule has 0 fully saturated rings. The van der Waals surface area contributed by atoms with Crippen LogP contribution in [0.1, 0.15) is 11.1 Å². The van der Waals surface area contributed by atoms with Crippen molar-refractivity contribution in [3.8, 4) is 0 Å². The van der Waals surface area contributed by atoms with Gasteiger partial charge in [0, 0.05) is 34.2 Å². The third-order valence-corrected chi connectivity index (χ3v) is 2.88. The van der Waals surface area contributed by atoms with E-state index in [1.807, 2.05) is 0 Å². The van der Waals surface area contributed by atoms with E-state index < -0.39 is 0 Å².